The molecule has 0 aliphatic heterocycles. The highest BCUT2D eigenvalue weighted by molar-refractivity contribution is 5.84. The fourth-order valence-corrected chi connectivity index (χ4v) is 1.78. The average Bonchev–Trinajstić information content (AvgIpc) is 2.39. The van der Waals surface area contributed by atoms with E-state index in [0.29, 0.717) is 17.8 Å². The first-order chi connectivity index (χ1) is 9.10. The van der Waals surface area contributed by atoms with Crippen LogP contribution in [0.1, 0.15) is 37.8 Å². The van der Waals surface area contributed by atoms with Gasteiger partial charge < -0.3 is 10.6 Å². The lowest BCUT2D eigenvalue weighted by atomic mass is 10.1. The van der Waals surface area contributed by atoms with E-state index in [2.05, 4.69) is 23.6 Å². The highest BCUT2D eigenvalue weighted by atomic mass is 16.2. The molecule has 1 amide bonds. The number of anilines is 1. The largest absolute Gasteiger partial charge is 0.373 e. The van der Waals surface area contributed by atoms with Gasteiger partial charge in [0, 0.05) is 6.54 Å². The van der Waals surface area contributed by atoms with Crippen LogP contribution in [-0.4, -0.2) is 18.5 Å². The molecule has 1 aromatic rings. The third-order valence-corrected chi connectivity index (χ3v) is 2.98. The molecule has 1 aromatic carbocycles. The van der Waals surface area contributed by atoms with Gasteiger partial charge in [-0.1, -0.05) is 25.5 Å². The van der Waals surface area contributed by atoms with Gasteiger partial charge in [0.05, 0.1) is 11.3 Å². The standard InChI is InChI=1S/C15H21N3O/c1-4-5-9-17-15(19)12(3)18-14-8-6-7-11(2)13(14)10-16/h6-8,12,18H,4-5,9H2,1-3H3,(H,17,19). The van der Waals surface area contributed by atoms with Gasteiger partial charge in [0.25, 0.3) is 0 Å². The number of nitrogens with one attached hydrogen (secondary N) is 2. The molecule has 0 radical (unpaired) electrons. The van der Waals surface area contributed by atoms with Crippen LogP contribution in [0.4, 0.5) is 5.69 Å². The van der Waals surface area contributed by atoms with Gasteiger partial charge >= 0.3 is 0 Å². The molecular weight excluding hydrogens is 238 g/mol. The smallest absolute Gasteiger partial charge is 0.242 e. The molecule has 0 saturated heterocycles. The zero-order valence-corrected chi connectivity index (χ0v) is 11.8. The van der Waals surface area contributed by atoms with E-state index in [0.717, 1.165) is 18.4 Å². The van der Waals surface area contributed by atoms with E-state index in [1.807, 2.05) is 25.1 Å². The summed E-state index contributed by atoms with van der Waals surface area (Å²) >= 11 is 0. The lowest BCUT2D eigenvalue weighted by molar-refractivity contribution is -0.121. The molecule has 4 heteroatoms. The number of hydrogen-bond donors (Lipinski definition) is 2. The maximum Gasteiger partial charge on any atom is 0.242 e. The molecule has 1 rings (SSSR count). The minimum absolute atomic E-state index is 0.0427. The fourth-order valence-electron chi connectivity index (χ4n) is 1.78. The molecule has 0 aromatic heterocycles. The third-order valence-electron chi connectivity index (χ3n) is 2.98. The lowest BCUT2D eigenvalue weighted by Gasteiger charge is -2.16. The topological polar surface area (TPSA) is 64.9 Å². The number of amides is 1. The van der Waals surface area contributed by atoms with Crippen LogP contribution >= 0.6 is 0 Å². The first-order valence-electron chi connectivity index (χ1n) is 6.64. The number of hydrogen-bond acceptors (Lipinski definition) is 3. The van der Waals surface area contributed by atoms with Crippen molar-refractivity contribution in [1.82, 2.24) is 5.32 Å². The second-order valence-corrected chi connectivity index (χ2v) is 4.62. The predicted molar refractivity (Wildman–Crippen MR) is 76.9 cm³/mol. The Kier molecular flexibility index (Phi) is 5.87. The highest BCUT2D eigenvalue weighted by Gasteiger charge is 2.14. The Bertz CT molecular complexity index is 477. The fraction of sp³-hybridized carbons (Fsp3) is 0.467. The van der Waals surface area contributed by atoms with Crippen molar-refractivity contribution in [2.75, 3.05) is 11.9 Å². The Morgan fingerprint density at radius 1 is 1.47 bits per heavy atom. The van der Waals surface area contributed by atoms with Crippen LogP contribution in [0.5, 0.6) is 0 Å². The van der Waals surface area contributed by atoms with Crippen molar-refractivity contribution in [1.29, 1.82) is 5.26 Å². The monoisotopic (exact) mass is 259 g/mol. The number of aryl methyl sites for hydroxylation is 1. The van der Waals surface area contributed by atoms with Crippen molar-refractivity contribution in [3.8, 4) is 6.07 Å². The Morgan fingerprint density at radius 2 is 2.21 bits per heavy atom. The van der Waals surface area contributed by atoms with E-state index in [-0.39, 0.29) is 11.9 Å². The van der Waals surface area contributed by atoms with Gasteiger partial charge in [-0.05, 0) is 31.9 Å². The van der Waals surface area contributed by atoms with Crippen LogP contribution in [0.15, 0.2) is 18.2 Å². The maximum atomic E-state index is 11.9. The summed E-state index contributed by atoms with van der Waals surface area (Å²) in [6.07, 6.45) is 2.03. The van der Waals surface area contributed by atoms with E-state index in [9.17, 15) is 4.79 Å². The Labute approximate surface area is 114 Å². The Hall–Kier alpha value is -2.02. The minimum Gasteiger partial charge on any atom is -0.373 e. The summed E-state index contributed by atoms with van der Waals surface area (Å²) in [5.74, 6) is -0.0427. The number of carbonyl (C=O) groups excluding carboxylic acids is 1. The second-order valence-electron chi connectivity index (χ2n) is 4.62. The molecule has 1 unspecified atom stereocenters. The van der Waals surface area contributed by atoms with Crippen molar-refractivity contribution in [3.63, 3.8) is 0 Å². The zero-order chi connectivity index (χ0) is 14.3. The van der Waals surface area contributed by atoms with Gasteiger partial charge in [-0.25, -0.2) is 0 Å². The molecule has 1 atom stereocenters. The van der Waals surface area contributed by atoms with Crippen molar-refractivity contribution in [2.24, 2.45) is 0 Å². The summed E-state index contributed by atoms with van der Waals surface area (Å²) in [6.45, 7) is 6.46. The van der Waals surface area contributed by atoms with E-state index in [1.165, 1.54) is 0 Å². The summed E-state index contributed by atoms with van der Waals surface area (Å²) < 4.78 is 0. The van der Waals surface area contributed by atoms with Gasteiger partial charge in [0.1, 0.15) is 12.1 Å². The predicted octanol–water partition coefficient (Wildman–Crippen LogP) is 2.58. The van der Waals surface area contributed by atoms with Crippen LogP contribution in [0, 0.1) is 18.3 Å². The first-order valence-corrected chi connectivity index (χ1v) is 6.64. The van der Waals surface area contributed by atoms with E-state index < -0.39 is 0 Å². The van der Waals surface area contributed by atoms with Gasteiger partial charge in [0.2, 0.25) is 5.91 Å². The number of benzene rings is 1. The van der Waals surface area contributed by atoms with Gasteiger partial charge in [0.15, 0.2) is 0 Å². The van der Waals surface area contributed by atoms with Crippen LogP contribution in [0.2, 0.25) is 0 Å². The van der Waals surface area contributed by atoms with Crippen molar-refractivity contribution in [3.05, 3.63) is 29.3 Å². The zero-order valence-electron chi connectivity index (χ0n) is 11.8. The van der Waals surface area contributed by atoms with Crippen LogP contribution in [-0.2, 0) is 4.79 Å². The minimum atomic E-state index is -0.356. The molecule has 2 N–H and O–H groups in total. The number of rotatable bonds is 6. The SMILES string of the molecule is CCCCNC(=O)C(C)Nc1cccc(C)c1C#N. The first kappa shape index (κ1) is 15.0. The van der Waals surface area contributed by atoms with E-state index >= 15 is 0 Å². The highest BCUT2D eigenvalue weighted by Crippen LogP contribution is 2.19. The molecule has 4 nitrogen and oxygen atoms in total. The van der Waals surface area contributed by atoms with Gasteiger partial charge in [-0.2, -0.15) is 5.26 Å². The summed E-state index contributed by atoms with van der Waals surface area (Å²) in [7, 11) is 0. The molecule has 19 heavy (non-hydrogen) atoms. The number of nitriles is 1. The Morgan fingerprint density at radius 3 is 2.84 bits per heavy atom. The maximum absolute atomic E-state index is 11.9. The number of carbonyl (C=O) groups is 1. The van der Waals surface area contributed by atoms with Gasteiger partial charge in [-0.15, -0.1) is 0 Å². The molecule has 0 spiro atoms. The second kappa shape index (κ2) is 7.42. The quantitative estimate of drug-likeness (QED) is 0.772. The molecule has 0 fully saturated rings. The summed E-state index contributed by atoms with van der Waals surface area (Å²) in [4.78, 5) is 11.9. The average molecular weight is 259 g/mol. The van der Waals surface area contributed by atoms with Crippen LogP contribution in [0.3, 0.4) is 0 Å². The van der Waals surface area contributed by atoms with E-state index in [1.54, 1.807) is 6.92 Å². The molecular formula is C15H21N3O. The molecule has 102 valence electrons. The summed E-state index contributed by atoms with van der Waals surface area (Å²) in [5, 5.41) is 15.1. The number of nitrogens with zero attached hydrogens (tertiary/aromatic N) is 1. The molecule has 0 aliphatic carbocycles. The van der Waals surface area contributed by atoms with Gasteiger partial charge in [-0.3, -0.25) is 4.79 Å². The summed E-state index contributed by atoms with van der Waals surface area (Å²) in [5.41, 5.74) is 2.21. The molecule has 0 heterocycles. The van der Waals surface area contributed by atoms with E-state index in [4.69, 9.17) is 5.26 Å². The molecule has 0 saturated carbocycles. The molecule has 0 bridgehead atoms. The van der Waals surface area contributed by atoms with Crippen molar-refractivity contribution in [2.45, 2.75) is 39.7 Å². The van der Waals surface area contributed by atoms with Crippen LogP contribution < -0.4 is 10.6 Å². The van der Waals surface area contributed by atoms with Crippen molar-refractivity contribution >= 4 is 11.6 Å². The molecule has 0 aliphatic rings. The van der Waals surface area contributed by atoms with Crippen LogP contribution in [0.25, 0.3) is 0 Å². The normalized spacial score (nSPS) is 11.5. The van der Waals surface area contributed by atoms with Crippen molar-refractivity contribution < 1.29 is 4.79 Å². The number of unbranched alkanes of at least 4 members (excludes halogenated alkanes) is 1. The lowest BCUT2D eigenvalue weighted by Crippen LogP contribution is -2.38. The third kappa shape index (κ3) is 4.29. The summed E-state index contributed by atoms with van der Waals surface area (Å²) in [6, 6.07) is 7.39. The Balaban J connectivity index is 2.67.